The summed E-state index contributed by atoms with van der Waals surface area (Å²) in [5.74, 6) is 0.240. The highest BCUT2D eigenvalue weighted by molar-refractivity contribution is 5.99. The van der Waals surface area contributed by atoms with E-state index in [-0.39, 0.29) is 47.0 Å². The van der Waals surface area contributed by atoms with E-state index in [2.05, 4.69) is 0 Å². The van der Waals surface area contributed by atoms with Crippen molar-refractivity contribution >= 4 is 24.0 Å². The van der Waals surface area contributed by atoms with Crippen molar-refractivity contribution in [2.45, 2.75) is 5.92 Å². The molecule has 0 aromatic heterocycles. The largest absolute Gasteiger partial charge is 0.493 e. The van der Waals surface area contributed by atoms with Crippen molar-refractivity contribution in [2.75, 3.05) is 33.9 Å². The van der Waals surface area contributed by atoms with E-state index in [1.54, 1.807) is 4.90 Å². The second kappa shape index (κ2) is 9.58. The molecule has 9 heteroatoms. The molecule has 0 aliphatic carbocycles. The molecule has 1 saturated heterocycles. The normalized spacial score (nSPS) is 18.1. The molecule has 0 bridgehead atoms. The summed E-state index contributed by atoms with van der Waals surface area (Å²) in [4.78, 5) is 25.7. The Morgan fingerprint density at radius 1 is 1.17 bits per heavy atom. The van der Waals surface area contributed by atoms with Crippen molar-refractivity contribution in [3.63, 3.8) is 0 Å². The standard InChI is InChI=1S/C20H23N3O5.ClH/c1-27-18-8-15(17(23(25)26)9-19(18)28-2)20(24)22-11-14(10-21)16(12-22)13-6-4-3-5-7-13;/h3-9,14,16H,10-12,21H2,1-2H3;1H/t14-,16+;/m1./s1. The number of ether oxygens (including phenoxy) is 2. The zero-order chi connectivity index (χ0) is 20.3. The number of carbonyl (C=O) groups is 1. The molecule has 3 rings (SSSR count). The van der Waals surface area contributed by atoms with Gasteiger partial charge in [0.1, 0.15) is 5.56 Å². The lowest BCUT2D eigenvalue weighted by atomic mass is 9.89. The summed E-state index contributed by atoms with van der Waals surface area (Å²) >= 11 is 0. The van der Waals surface area contributed by atoms with E-state index in [0.29, 0.717) is 19.6 Å². The predicted octanol–water partition coefficient (Wildman–Crippen LogP) is 2.85. The number of halogens is 1. The van der Waals surface area contributed by atoms with Crippen molar-refractivity contribution in [3.05, 3.63) is 63.7 Å². The number of amides is 1. The molecular weight excluding hydrogens is 398 g/mol. The Kier molecular flexibility index (Phi) is 7.41. The third kappa shape index (κ3) is 4.44. The Hall–Kier alpha value is -2.84. The molecule has 2 atom stereocenters. The van der Waals surface area contributed by atoms with Gasteiger partial charge in [0.2, 0.25) is 0 Å². The number of methoxy groups -OCH3 is 2. The Balaban J connectivity index is 0.00000300. The van der Waals surface area contributed by atoms with Gasteiger partial charge in [0.25, 0.3) is 11.6 Å². The summed E-state index contributed by atoms with van der Waals surface area (Å²) in [5.41, 5.74) is 6.72. The van der Waals surface area contributed by atoms with Gasteiger partial charge in [-0.15, -0.1) is 12.4 Å². The first-order chi connectivity index (χ1) is 13.5. The van der Waals surface area contributed by atoms with Crippen LogP contribution in [0.15, 0.2) is 42.5 Å². The fourth-order valence-corrected chi connectivity index (χ4v) is 3.71. The van der Waals surface area contributed by atoms with E-state index in [1.807, 2.05) is 30.3 Å². The number of nitrogens with zero attached hydrogens (tertiary/aromatic N) is 2. The van der Waals surface area contributed by atoms with Crippen LogP contribution in [0.4, 0.5) is 5.69 Å². The van der Waals surface area contributed by atoms with Crippen LogP contribution in [0, 0.1) is 16.0 Å². The number of nitrogens with two attached hydrogens (primary N) is 1. The van der Waals surface area contributed by atoms with E-state index in [4.69, 9.17) is 15.2 Å². The van der Waals surface area contributed by atoms with Gasteiger partial charge in [0, 0.05) is 25.1 Å². The molecule has 1 heterocycles. The summed E-state index contributed by atoms with van der Waals surface area (Å²) in [7, 11) is 2.81. The van der Waals surface area contributed by atoms with Crippen LogP contribution in [-0.4, -0.2) is 49.6 Å². The predicted molar refractivity (Wildman–Crippen MR) is 111 cm³/mol. The van der Waals surface area contributed by atoms with Crippen LogP contribution < -0.4 is 15.2 Å². The fourth-order valence-electron chi connectivity index (χ4n) is 3.71. The molecule has 0 radical (unpaired) electrons. The molecule has 1 aliphatic heterocycles. The number of carbonyl (C=O) groups excluding carboxylic acids is 1. The topological polar surface area (TPSA) is 108 Å². The van der Waals surface area contributed by atoms with Gasteiger partial charge in [-0.25, -0.2) is 0 Å². The molecule has 2 aromatic rings. The summed E-state index contributed by atoms with van der Waals surface area (Å²) in [6.07, 6.45) is 0. The van der Waals surface area contributed by atoms with Crippen LogP contribution in [0.5, 0.6) is 11.5 Å². The van der Waals surface area contributed by atoms with Crippen LogP contribution in [0.2, 0.25) is 0 Å². The van der Waals surface area contributed by atoms with Gasteiger partial charge in [-0.05, 0) is 18.0 Å². The first-order valence-electron chi connectivity index (χ1n) is 8.94. The first-order valence-corrected chi connectivity index (χ1v) is 8.94. The molecule has 29 heavy (non-hydrogen) atoms. The quantitative estimate of drug-likeness (QED) is 0.567. The number of nitro groups is 1. The molecule has 1 amide bonds. The number of benzene rings is 2. The molecule has 2 aromatic carbocycles. The molecule has 0 saturated carbocycles. The highest BCUT2D eigenvalue weighted by Gasteiger charge is 2.38. The molecule has 8 nitrogen and oxygen atoms in total. The van der Waals surface area contributed by atoms with E-state index in [1.165, 1.54) is 26.4 Å². The molecular formula is C20H24ClN3O5. The van der Waals surface area contributed by atoms with Crippen molar-refractivity contribution in [3.8, 4) is 11.5 Å². The van der Waals surface area contributed by atoms with Crippen molar-refractivity contribution in [1.82, 2.24) is 4.90 Å². The Labute approximate surface area is 175 Å². The minimum Gasteiger partial charge on any atom is -0.493 e. The van der Waals surface area contributed by atoms with E-state index in [0.717, 1.165) is 5.56 Å². The lowest BCUT2D eigenvalue weighted by molar-refractivity contribution is -0.385. The SMILES string of the molecule is COc1cc(C(=O)N2C[C@@H](CN)[C@H](c3ccccc3)C2)c([N+](=O)[O-])cc1OC.Cl. The maximum Gasteiger partial charge on any atom is 0.286 e. The number of hydrogen-bond donors (Lipinski definition) is 1. The highest BCUT2D eigenvalue weighted by atomic mass is 35.5. The van der Waals surface area contributed by atoms with Crippen LogP contribution in [-0.2, 0) is 0 Å². The van der Waals surface area contributed by atoms with E-state index < -0.39 is 10.8 Å². The molecule has 0 spiro atoms. The van der Waals surface area contributed by atoms with Gasteiger partial charge < -0.3 is 20.1 Å². The van der Waals surface area contributed by atoms with Gasteiger partial charge in [-0.1, -0.05) is 30.3 Å². The van der Waals surface area contributed by atoms with Crippen LogP contribution in [0.25, 0.3) is 0 Å². The molecule has 2 N–H and O–H groups in total. The van der Waals surface area contributed by atoms with Gasteiger partial charge in [0.05, 0.1) is 25.2 Å². The van der Waals surface area contributed by atoms with Crippen molar-refractivity contribution < 1.29 is 19.2 Å². The maximum absolute atomic E-state index is 13.2. The van der Waals surface area contributed by atoms with Crippen molar-refractivity contribution in [1.29, 1.82) is 0 Å². The van der Waals surface area contributed by atoms with Gasteiger partial charge in [0.15, 0.2) is 11.5 Å². The first kappa shape index (κ1) is 22.4. The number of rotatable bonds is 6. The third-order valence-electron chi connectivity index (χ3n) is 5.19. The average molecular weight is 422 g/mol. The molecule has 1 aliphatic rings. The zero-order valence-electron chi connectivity index (χ0n) is 16.2. The highest BCUT2D eigenvalue weighted by Crippen LogP contribution is 2.37. The lowest BCUT2D eigenvalue weighted by Gasteiger charge is -2.18. The molecule has 0 unspecified atom stereocenters. The average Bonchev–Trinajstić information content (AvgIpc) is 3.17. The van der Waals surface area contributed by atoms with Crippen LogP contribution in [0.1, 0.15) is 21.8 Å². The Morgan fingerprint density at radius 2 is 1.79 bits per heavy atom. The summed E-state index contributed by atoms with van der Waals surface area (Å²) in [6.45, 7) is 1.33. The van der Waals surface area contributed by atoms with Crippen LogP contribution in [0.3, 0.4) is 0 Å². The number of hydrogen-bond acceptors (Lipinski definition) is 6. The van der Waals surface area contributed by atoms with Gasteiger partial charge >= 0.3 is 0 Å². The molecule has 1 fully saturated rings. The van der Waals surface area contributed by atoms with Crippen molar-refractivity contribution in [2.24, 2.45) is 11.7 Å². The van der Waals surface area contributed by atoms with E-state index >= 15 is 0 Å². The Morgan fingerprint density at radius 3 is 2.34 bits per heavy atom. The maximum atomic E-state index is 13.2. The minimum atomic E-state index is -0.583. The molecule has 156 valence electrons. The number of nitro benzene ring substituents is 1. The lowest BCUT2D eigenvalue weighted by Crippen LogP contribution is -2.30. The fraction of sp³-hybridized carbons (Fsp3) is 0.350. The summed E-state index contributed by atoms with van der Waals surface area (Å²) < 4.78 is 10.3. The van der Waals surface area contributed by atoms with E-state index in [9.17, 15) is 14.9 Å². The summed E-state index contributed by atoms with van der Waals surface area (Å²) in [5, 5.41) is 11.5. The third-order valence-corrected chi connectivity index (χ3v) is 5.19. The zero-order valence-corrected chi connectivity index (χ0v) is 17.1. The Bertz CT molecular complexity index is 878. The smallest absolute Gasteiger partial charge is 0.286 e. The number of likely N-dealkylation sites (tertiary alicyclic amines) is 1. The second-order valence-electron chi connectivity index (χ2n) is 6.70. The van der Waals surface area contributed by atoms with Gasteiger partial charge in [-0.3, -0.25) is 14.9 Å². The summed E-state index contributed by atoms with van der Waals surface area (Å²) in [6, 6.07) is 12.5. The van der Waals surface area contributed by atoms with Gasteiger partial charge in [-0.2, -0.15) is 0 Å². The van der Waals surface area contributed by atoms with Crippen LogP contribution >= 0.6 is 12.4 Å². The monoisotopic (exact) mass is 421 g/mol. The minimum absolute atomic E-state index is 0. The second-order valence-corrected chi connectivity index (χ2v) is 6.70.